The Hall–Kier alpha value is -3.33. The number of halogens is 1. The van der Waals surface area contributed by atoms with Gasteiger partial charge in [-0.05, 0) is 42.3 Å². The molecule has 2 aromatic carbocycles. The van der Waals surface area contributed by atoms with Crippen LogP contribution in [-0.2, 0) is 6.54 Å². The highest BCUT2D eigenvalue weighted by atomic mass is 35.5. The van der Waals surface area contributed by atoms with E-state index in [9.17, 15) is 10.1 Å². The van der Waals surface area contributed by atoms with Gasteiger partial charge in [0, 0.05) is 24.5 Å². The van der Waals surface area contributed by atoms with E-state index in [1.54, 1.807) is 6.07 Å². The normalized spacial score (nSPS) is 12.2. The topological polar surface area (TPSA) is 111 Å². The summed E-state index contributed by atoms with van der Waals surface area (Å²) in [6, 6.07) is 8.66. The summed E-state index contributed by atoms with van der Waals surface area (Å²) in [6.07, 6.45) is 0. The summed E-state index contributed by atoms with van der Waals surface area (Å²) in [6.45, 7) is 3.03. The number of rotatable bonds is 6. The average Bonchev–Trinajstić information content (AvgIpc) is 3.13. The molecule has 28 heavy (non-hydrogen) atoms. The Bertz CT molecular complexity index is 1080. The molecule has 0 spiro atoms. The van der Waals surface area contributed by atoms with Crippen molar-refractivity contribution in [2.24, 2.45) is 0 Å². The Kier molecular flexibility index (Phi) is 4.74. The van der Waals surface area contributed by atoms with E-state index in [1.165, 1.54) is 6.07 Å². The second-order valence-corrected chi connectivity index (χ2v) is 6.39. The van der Waals surface area contributed by atoms with Gasteiger partial charge in [-0.2, -0.15) is 0 Å². The Morgan fingerprint density at radius 2 is 2.00 bits per heavy atom. The van der Waals surface area contributed by atoms with Gasteiger partial charge in [-0.15, -0.1) is 0 Å². The van der Waals surface area contributed by atoms with Crippen LogP contribution in [0.1, 0.15) is 12.5 Å². The fraction of sp³-hybridized carbons (Fsp3) is 0.222. The third-order valence-electron chi connectivity index (χ3n) is 4.25. The van der Waals surface area contributed by atoms with Crippen LogP contribution in [0.25, 0.3) is 10.9 Å². The molecule has 0 saturated carbocycles. The predicted molar refractivity (Wildman–Crippen MR) is 105 cm³/mol. The lowest BCUT2D eigenvalue weighted by molar-refractivity contribution is -0.383. The van der Waals surface area contributed by atoms with E-state index in [0.717, 1.165) is 5.56 Å². The Morgan fingerprint density at radius 1 is 1.18 bits per heavy atom. The molecule has 0 fully saturated rings. The number of nitro groups is 1. The Balaban J connectivity index is 1.69. The molecule has 1 aliphatic rings. The molecule has 0 amide bonds. The van der Waals surface area contributed by atoms with Gasteiger partial charge in [-0.3, -0.25) is 10.1 Å². The van der Waals surface area contributed by atoms with Crippen molar-refractivity contribution < 1.29 is 14.4 Å². The zero-order valence-electron chi connectivity index (χ0n) is 14.9. The van der Waals surface area contributed by atoms with Gasteiger partial charge < -0.3 is 20.1 Å². The molecule has 0 radical (unpaired) electrons. The largest absolute Gasteiger partial charge is 0.454 e. The van der Waals surface area contributed by atoms with E-state index in [4.69, 9.17) is 21.1 Å². The molecule has 1 aromatic heterocycles. The van der Waals surface area contributed by atoms with Gasteiger partial charge in [0.2, 0.25) is 12.1 Å². The molecule has 2 N–H and O–H groups in total. The van der Waals surface area contributed by atoms with Gasteiger partial charge >= 0.3 is 0 Å². The van der Waals surface area contributed by atoms with Crippen molar-refractivity contribution in [3.63, 3.8) is 0 Å². The first-order valence-corrected chi connectivity index (χ1v) is 8.95. The first-order chi connectivity index (χ1) is 13.5. The Labute approximate surface area is 164 Å². The van der Waals surface area contributed by atoms with Crippen molar-refractivity contribution in [2.75, 3.05) is 24.0 Å². The molecule has 0 unspecified atom stereocenters. The van der Waals surface area contributed by atoms with Gasteiger partial charge in [0.1, 0.15) is 11.5 Å². The molecule has 0 bridgehead atoms. The van der Waals surface area contributed by atoms with Crippen LogP contribution in [0.4, 0.5) is 17.2 Å². The van der Waals surface area contributed by atoms with E-state index >= 15 is 0 Å². The van der Waals surface area contributed by atoms with Crippen LogP contribution < -0.4 is 20.1 Å². The van der Waals surface area contributed by atoms with E-state index in [0.29, 0.717) is 47.0 Å². The van der Waals surface area contributed by atoms with Crippen LogP contribution in [0.2, 0.25) is 5.28 Å². The van der Waals surface area contributed by atoms with Crippen LogP contribution in [-0.4, -0.2) is 28.2 Å². The maximum atomic E-state index is 11.5. The fourth-order valence-corrected chi connectivity index (χ4v) is 3.17. The number of fused-ring (bicyclic) bond motifs is 2. The molecule has 0 aliphatic carbocycles. The van der Waals surface area contributed by atoms with Gasteiger partial charge in [0.15, 0.2) is 11.5 Å². The minimum atomic E-state index is -0.437. The second kappa shape index (κ2) is 7.35. The molecular weight excluding hydrogens is 386 g/mol. The van der Waals surface area contributed by atoms with Crippen molar-refractivity contribution in [3.05, 3.63) is 51.3 Å². The number of ether oxygens (including phenoxy) is 2. The average molecular weight is 402 g/mol. The number of anilines is 2. The van der Waals surface area contributed by atoms with Crippen LogP contribution in [0.5, 0.6) is 11.5 Å². The van der Waals surface area contributed by atoms with E-state index < -0.39 is 4.92 Å². The zero-order valence-corrected chi connectivity index (χ0v) is 15.6. The van der Waals surface area contributed by atoms with Crippen LogP contribution >= 0.6 is 11.6 Å². The quantitative estimate of drug-likeness (QED) is 0.362. The number of hydrogen-bond donors (Lipinski definition) is 2. The second-order valence-electron chi connectivity index (χ2n) is 6.06. The maximum Gasteiger partial charge on any atom is 0.293 e. The molecule has 9 nitrogen and oxygen atoms in total. The molecule has 4 rings (SSSR count). The van der Waals surface area contributed by atoms with E-state index in [2.05, 4.69) is 20.6 Å². The first-order valence-electron chi connectivity index (χ1n) is 8.57. The number of benzene rings is 2. The third-order valence-corrected chi connectivity index (χ3v) is 4.42. The summed E-state index contributed by atoms with van der Waals surface area (Å²) in [4.78, 5) is 19.4. The highest BCUT2D eigenvalue weighted by Crippen LogP contribution is 2.34. The first kappa shape index (κ1) is 18.1. The fourth-order valence-electron chi connectivity index (χ4n) is 2.99. The summed E-state index contributed by atoms with van der Waals surface area (Å²) in [5.41, 5.74) is 1.78. The molecule has 0 saturated heterocycles. The van der Waals surface area contributed by atoms with E-state index in [1.807, 2.05) is 25.1 Å². The predicted octanol–water partition coefficient (Wildman–Crippen LogP) is 3.96. The zero-order chi connectivity index (χ0) is 19.7. The van der Waals surface area contributed by atoms with Crippen LogP contribution in [0, 0.1) is 10.1 Å². The molecule has 1 aliphatic heterocycles. The highest BCUT2D eigenvalue weighted by Gasteiger charge is 2.19. The lowest BCUT2D eigenvalue weighted by Gasteiger charge is -2.11. The molecule has 3 aromatic rings. The molecule has 0 atom stereocenters. The summed E-state index contributed by atoms with van der Waals surface area (Å²) in [7, 11) is 0. The van der Waals surface area contributed by atoms with Crippen molar-refractivity contribution in [2.45, 2.75) is 13.5 Å². The van der Waals surface area contributed by atoms with Gasteiger partial charge in [0.05, 0.1) is 10.4 Å². The summed E-state index contributed by atoms with van der Waals surface area (Å²) in [5, 5.41) is 18.2. The monoisotopic (exact) mass is 401 g/mol. The van der Waals surface area contributed by atoms with Crippen molar-refractivity contribution in [1.82, 2.24) is 9.97 Å². The standard InChI is InChI=1S/C18H16ClN5O4/c1-2-20-13-7-12-11(6-14(13)24(25)26)17(23-18(19)22-12)21-8-10-3-4-15-16(5-10)28-9-27-15/h3-7,20H,2,8-9H2,1H3,(H,21,22,23). The molecule has 144 valence electrons. The number of hydrogen-bond acceptors (Lipinski definition) is 8. The minimum absolute atomic E-state index is 0.0496. The smallest absolute Gasteiger partial charge is 0.293 e. The summed E-state index contributed by atoms with van der Waals surface area (Å²) < 4.78 is 10.7. The van der Waals surface area contributed by atoms with Crippen LogP contribution in [0.3, 0.4) is 0 Å². The van der Waals surface area contributed by atoms with Crippen molar-refractivity contribution in [3.8, 4) is 11.5 Å². The van der Waals surface area contributed by atoms with Gasteiger partial charge in [-0.1, -0.05) is 6.07 Å². The number of nitrogens with one attached hydrogen (secondary N) is 2. The number of aromatic nitrogens is 2. The van der Waals surface area contributed by atoms with Crippen LogP contribution in [0.15, 0.2) is 30.3 Å². The number of nitrogens with zero attached hydrogens (tertiary/aromatic N) is 3. The van der Waals surface area contributed by atoms with E-state index in [-0.39, 0.29) is 17.8 Å². The minimum Gasteiger partial charge on any atom is -0.454 e. The summed E-state index contributed by atoms with van der Waals surface area (Å²) in [5.74, 6) is 1.79. The van der Waals surface area contributed by atoms with Gasteiger partial charge in [0.25, 0.3) is 5.69 Å². The van der Waals surface area contributed by atoms with Crippen molar-refractivity contribution >= 4 is 39.7 Å². The van der Waals surface area contributed by atoms with Gasteiger partial charge in [-0.25, -0.2) is 9.97 Å². The molecular formula is C18H16ClN5O4. The lowest BCUT2D eigenvalue weighted by Crippen LogP contribution is -2.05. The third kappa shape index (κ3) is 3.44. The SMILES string of the molecule is CCNc1cc2nc(Cl)nc(NCc3ccc4c(c3)OCO4)c2cc1[N+](=O)[O-]. The van der Waals surface area contributed by atoms with Crippen molar-refractivity contribution in [1.29, 1.82) is 0 Å². The molecule has 10 heteroatoms. The lowest BCUT2D eigenvalue weighted by atomic mass is 10.1. The molecule has 2 heterocycles. The summed E-state index contributed by atoms with van der Waals surface area (Å²) >= 11 is 6.06. The number of nitro benzene ring substituents is 1. The Morgan fingerprint density at radius 3 is 2.79 bits per heavy atom. The maximum absolute atomic E-state index is 11.5. The highest BCUT2D eigenvalue weighted by molar-refractivity contribution is 6.28.